The monoisotopic (exact) mass is 389 g/mol. The summed E-state index contributed by atoms with van der Waals surface area (Å²) in [5, 5.41) is 0.0508. The quantitative estimate of drug-likeness (QED) is 0.711. The first-order valence-corrected chi connectivity index (χ1v) is 9.10. The number of nitrogens with zero attached hydrogens (tertiary/aromatic N) is 1. The van der Waals surface area contributed by atoms with Crippen LogP contribution in [0.4, 0.5) is 14.5 Å². The summed E-state index contributed by atoms with van der Waals surface area (Å²) in [6, 6.07) is 9.72. The highest BCUT2D eigenvalue weighted by Crippen LogP contribution is 2.40. The van der Waals surface area contributed by atoms with Crippen LogP contribution in [-0.2, 0) is 9.59 Å². The molecule has 0 saturated heterocycles. The van der Waals surface area contributed by atoms with E-state index >= 15 is 0 Å². The molecule has 1 aliphatic heterocycles. The molecule has 0 bridgehead atoms. The molecule has 140 valence electrons. The van der Waals surface area contributed by atoms with Crippen LogP contribution in [0, 0.1) is 11.6 Å². The Hall–Kier alpha value is -2.67. The average molecular weight is 389 g/mol. The van der Waals surface area contributed by atoms with Crippen molar-refractivity contribution in [3.05, 3.63) is 64.6 Å². The SMILES string of the molecule is COc1ccc(C2=C(SC(C)C)C(=O)N(c3ccc(F)c(F)c3)C2=O)cc1. The van der Waals surface area contributed by atoms with Crippen molar-refractivity contribution < 1.29 is 23.1 Å². The maximum atomic E-state index is 13.6. The maximum absolute atomic E-state index is 13.6. The smallest absolute Gasteiger partial charge is 0.272 e. The molecule has 1 aliphatic rings. The van der Waals surface area contributed by atoms with E-state index in [1.807, 2.05) is 13.8 Å². The molecule has 4 nitrogen and oxygen atoms in total. The second-order valence-corrected chi connectivity index (χ2v) is 7.73. The van der Waals surface area contributed by atoms with E-state index in [1.165, 1.54) is 24.9 Å². The minimum absolute atomic E-state index is 0.00531. The summed E-state index contributed by atoms with van der Waals surface area (Å²) in [5.74, 6) is -2.66. The number of imide groups is 1. The van der Waals surface area contributed by atoms with Crippen LogP contribution in [0.5, 0.6) is 5.75 Å². The second kappa shape index (κ2) is 7.52. The fourth-order valence-electron chi connectivity index (χ4n) is 2.73. The lowest BCUT2D eigenvalue weighted by atomic mass is 10.1. The van der Waals surface area contributed by atoms with Gasteiger partial charge >= 0.3 is 0 Å². The lowest BCUT2D eigenvalue weighted by Gasteiger charge is -2.15. The Balaban J connectivity index is 2.09. The number of halogens is 2. The third-order valence-corrected chi connectivity index (χ3v) is 5.02. The van der Waals surface area contributed by atoms with Crippen LogP contribution >= 0.6 is 11.8 Å². The Morgan fingerprint density at radius 1 is 0.963 bits per heavy atom. The van der Waals surface area contributed by atoms with Crippen molar-refractivity contribution in [1.29, 1.82) is 0 Å². The van der Waals surface area contributed by atoms with Gasteiger partial charge in [0.25, 0.3) is 11.8 Å². The Bertz CT molecular complexity index is 939. The summed E-state index contributed by atoms with van der Waals surface area (Å²) in [5.41, 5.74) is 0.794. The van der Waals surface area contributed by atoms with Crippen LogP contribution in [0.25, 0.3) is 5.57 Å². The number of benzene rings is 2. The summed E-state index contributed by atoms with van der Waals surface area (Å²) in [6.45, 7) is 3.81. The molecule has 0 unspecified atom stereocenters. The normalized spacial score (nSPS) is 14.5. The van der Waals surface area contributed by atoms with Crippen molar-refractivity contribution in [2.24, 2.45) is 0 Å². The maximum Gasteiger partial charge on any atom is 0.272 e. The number of methoxy groups -OCH3 is 1. The van der Waals surface area contributed by atoms with Gasteiger partial charge in [-0.3, -0.25) is 9.59 Å². The van der Waals surface area contributed by atoms with Crippen LogP contribution in [0.2, 0.25) is 0 Å². The van der Waals surface area contributed by atoms with Gasteiger partial charge in [0.05, 0.1) is 23.3 Å². The number of hydrogen-bond acceptors (Lipinski definition) is 4. The van der Waals surface area contributed by atoms with Gasteiger partial charge in [-0.15, -0.1) is 11.8 Å². The molecule has 3 rings (SSSR count). The van der Waals surface area contributed by atoms with Gasteiger partial charge in [-0.1, -0.05) is 26.0 Å². The lowest BCUT2D eigenvalue weighted by molar-refractivity contribution is -0.119. The number of carbonyl (C=O) groups is 2. The summed E-state index contributed by atoms with van der Waals surface area (Å²) >= 11 is 1.26. The van der Waals surface area contributed by atoms with Crippen molar-refractivity contribution in [3.63, 3.8) is 0 Å². The Morgan fingerprint density at radius 2 is 1.63 bits per heavy atom. The van der Waals surface area contributed by atoms with Crippen molar-refractivity contribution in [2.75, 3.05) is 12.0 Å². The van der Waals surface area contributed by atoms with E-state index in [0.29, 0.717) is 11.3 Å². The fourth-order valence-corrected chi connectivity index (χ4v) is 3.71. The molecule has 0 saturated carbocycles. The minimum atomic E-state index is -1.12. The van der Waals surface area contributed by atoms with Gasteiger partial charge in [-0.25, -0.2) is 13.7 Å². The van der Waals surface area contributed by atoms with Gasteiger partial charge in [0, 0.05) is 11.3 Å². The van der Waals surface area contributed by atoms with Gasteiger partial charge in [0.1, 0.15) is 5.75 Å². The molecule has 7 heteroatoms. The van der Waals surface area contributed by atoms with Crippen LogP contribution in [0.3, 0.4) is 0 Å². The zero-order valence-corrected chi connectivity index (χ0v) is 15.8. The average Bonchev–Trinajstić information content (AvgIpc) is 2.87. The number of carbonyl (C=O) groups excluding carboxylic acids is 2. The number of amides is 2. The van der Waals surface area contributed by atoms with Crippen LogP contribution < -0.4 is 9.64 Å². The molecule has 0 spiro atoms. The van der Waals surface area contributed by atoms with Gasteiger partial charge < -0.3 is 4.74 Å². The molecule has 0 aliphatic carbocycles. The van der Waals surface area contributed by atoms with E-state index in [4.69, 9.17) is 4.74 Å². The van der Waals surface area contributed by atoms with E-state index in [2.05, 4.69) is 0 Å². The molecule has 1 heterocycles. The van der Waals surface area contributed by atoms with Crippen LogP contribution in [0.1, 0.15) is 19.4 Å². The van der Waals surface area contributed by atoms with Crippen LogP contribution in [0.15, 0.2) is 47.4 Å². The molecule has 0 N–H and O–H groups in total. The Kier molecular flexibility index (Phi) is 5.32. The molecule has 2 aromatic carbocycles. The highest BCUT2D eigenvalue weighted by atomic mass is 32.2. The van der Waals surface area contributed by atoms with Gasteiger partial charge in [-0.2, -0.15) is 0 Å². The summed E-state index contributed by atoms with van der Waals surface area (Å²) in [4.78, 5) is 27.2. The predicted octanol–water partition coefficient (Wildman–Crippen LogP) is 4.40. The van der Waals surface area contributed by atoms with E-state index < -0.39 is 23.4 Å². The molecule has 2 amide bonds. The number of anilines is 1. The van der Waals surface area contributed by atoms with E-state index in [-0.39, 0.29) is 21.4 Å². The van der Waals surface area contributed by atoms with Gasteiger partial charge in [0.15, 0.2) is 11.6 Å². The number of hydrogen-bond donors (Lipinski definition) is 0. The highest BCUT2D eigenvalue weighted by Gasteiger charge is 2.40. The summed E-state index contributed by atoms with van der Waals surface area (Å²) in [6.07, 6.45) is 0. The molecule has 2 aromatic rings. The van der Waals surface area contributed by atoms with E-state index in [1.54, 1.807) is 24.3 Å². The summed E-state index contributed by atoms with van der Waals surface area (Å²) < 4.78 is 32.0. The second-order valence-electron chi connectivity index (χ2n) is 6.14. The third kappa shape index (κ3) is 3.60. The number of ether oxygens (including phenoxy) is 1. The van der Waals surface area contributed by atoms with Crippen molar-refractivity contribution >= 4 is 34.8 Å². The third-order valence-electron chi connectivity index (χ3n) is 3.93. The van der Waals surface area contributed by atoms with Gasteiger partial charge in [-0.05, 0) is 29.8 Å². The molecule has 0 fully saturated rings. The fraction of sp³-hybridized carbons (Fsp3) is 0.200. The van der Waals surface area contributed by atoms with Gasteiger partial charge in [0.2, 0.25) is 0 Å². The Morgan fingerprint density at radius 3 is 2.19 bits per heavy atom. The first-order chi connectivity index (χ1) is 12.8. The molecule has 0 radical (unpaired) electrons. The van der Waals surface area contributed by atoms with E-state index in [9.17, 15) is 18.4 Å². The number of rotatable bonds is 5. The molecule has 0 aromatic heterocycles. The summed E-state index contributed by atoms with van der Waals surface area (Å²) in [7, 11) is 1.53. The minimum Gasteiger partial charge on any atom is -0.497 e. The first kappa shape index (κ1) is 19.1. The largest absolute Gasteiger partial charge is 0.497 e. The first-order valence-electron chi connectivity index (χ1n) is 8.22. The van der Waals surface area contributed by atoms with E-state index in [0.717, 1.165) is 17.0 Å². The molecule has 0 atom stereocenters. The standard InChI is InChI=1S/C20H17F2NO3S/c1-11(2)27-18-17(12-4-7-14(26-3)8-5-12)19(24)23(20(18)25)13-6-9-15(21)16(22)10-13/h4-11H,1-3H3. The number of thioether (sulfide) groups is 1. The zero-order valence-electron chi connectivity index (χ0n) is 15.0. The lowest BCUT2D eigenvalue weighted by Crippen LogP contribution is -2.31. The molecular weight excluding hydrogens is 372 g/mol. The van der Waals surface area contributed by atoms with Crippen molar-refractivity contribution in [2.45, 2.75) is 19.1 Å². The zero-order chi connectivity index (χ0) is 19.7. The Labute approximate surface area is 159 Å². The molecular formula is C20H17F2NO3S. The van der Waals surface area contributed by atoms with Crippen LogP contribution in [-0.4, -0.2) is 24.2 Å². The predicted molar refractivity (Wildman–Crippen MR) is 101 cm³/mol. The highest BCUT2D eigenvalue weighted by molar-refractivity contribution is 8.04. The topological polar surface area (TPSA) is 46.6 Å². The molecule has 27 heavy (non-hydrogen) atoms. The van der Waals surface area contributed by atoms with Crippen molar-refractivity contribution in [1.82, 2.24) is 0 Å². The van der Waals surface area contributed by atoms with Crippen molar-refractivity contribution in [3.8, 4) is 5.75 Å².